The second-order valence-electron chi connectivity index (χ2n) is 4.44. The number of thiophene rings is 1. The predicted molar refractivity (Wildman–Crippen MR) is 90.3 cm³/mol. The zero-order valence-corrected chi connectivity index (χ0v) is 14.8. The minimum Gasteiger partial charge on any atom is -0.493 e. The highest BCUT2D eigenvalue weighted by atomic mass is 79.9. The van der Waals surface area contributed by atoms with Crippen LogP contribution in [-0.4, -0.2) is 13.7 Å². The smallest absolute Gasteiger partial charge is 0.133 e. The summed E-state index contributed by atoms with van der Waals surface area (Å²) in [6, 6.07) is 6.23. The SMILES string of the molecule is CCOc1ccc(C(NC)c2scc(C)c2Cl)cc1Br. The number of hydrogen-bond acceptors (Lipinski definition) is 3. The van der Waals surface area contributed by atoms with E-state index in [1.165, 1.54) is 0 Å². The highest BCUT2D eigenvalue weighted by Crippen LogP contribution is 2.37. The minimum absolute atomic E-state index is 0.0909. The fraction of sp³-hybridized carbons (Fsp3) is 0.333. The minimum atomic E-state index is 0.0909. The van der Waals surface area contributed by atoms with Gasteiger partial charge in [0.2, 0.25) is 0 Å². The molecule has 1 unspecified atom stereocenters. The molecule has 0 saturated heterocycles. The van der Waals surface area contributed by atoms with Crippen molar-refractivity contribution in [3.05, 3.63) is 49.1 Å². The molecule has 0 saturated carbocycles. The van der Waals surface area contributed by atoms with Crippen LogP contribution in [0.2, 0.25) is 5.02 Å². The first-order chi connectivity index (χ1) is 9.58. The van der Waals surface area contributed by atoms with Crippen LogP contribution < -0.4 is 10.1 Å². The molecule has 2 aromatic rings. The molecule has 0 radical (unpaired) electrons. The molecular weight excluding hydrogens is 358 g/mol. The quantitative estimate of drug-likeness (QED) is 0.778. The molecule has 108 valence electrons. The number of benzene rings is 1. The summed E-state index contributed by atoms with van der Waals surface area (Å²) in [7, 11) is 1.94. The molecule has 1 aromatic heterocycles. The molecule has 0 fully saturated rings. The van der Waals surface area contributed by atoms with Gasteiger partial charge in [0.25, 0.3) is 0 Å². The molecule has 1 heterocycles. The topological polar surface area (TPSA) is 21.3 Å². The lowest BCUT2D eigenvalue weighted by Crippen LogP contribution is -2.17. The molecule has 0 aliphatic rings. The molecule has 2 rings (SSSR count). The van der Waals surface area contributed by atoms with E-state index in [-0.39, 0.29) is 6.04 Å². The lowest BCUT2D eigenvalue weighted by atomic mass is 10.0. The Hall–Kier alpha value is -0.550. The fourth-order valence-corrected chi connectivity index (χ4v) is 4.01. The average molecular weight is 375 g/mol. The number of aryl methyl sites for hydroxylation is 1. The normalized spacial score (nSPS) is 12.4. The van der Waals surface area contributed by atoms with Crippen molar-refractivity contribution in [2.45, 2.75) is 19.9 Å². The Bertz CT molecular complexity index is 600. The van der Waals surface area contributed by atoms with Gasteiger partial charge in [0.1, 0.15) is 5.75 Å². The van der Waals surface area contributed by atoms with E-state index < -0.39 is 0 Å². The maximum Gasteiger partial charge on any atom is 0.133 e. The Labute approximate surface area is 137 Å². The summed E-state index contributed by atoms with van der Waals surface area (Å²) >= 11 is 11.6. The summed E-state index contributed by atoms with van der Waals surface area (Å²) in [6.07, 6.45) is 0. The van der Waals surface area contributed by atoms with Gasteiger partial charge in [-0.25, -0.2) is 0 Å². The summed E-state index contributed by atoms with van der Waals surface area (Å²) in [5, 5.41) is 6.27. The van der Waals surface area contributed by atoms with Gasteiger partial charge < -0.3 is 10.1 Å². The van der Waals surface area contributed by atoms with Crippen molar-refractivity contribution >= 4 is 38.9 Å². The second kappa shape index (κ2) is 6.94. The van der Waals surface area contributed by atoms with Crippen molar-refractivity contribution in [2.24, 2.45) is 0 Å². The van der Waals surface area contributed by atoms with E-state index >= 15 is 0 Å². The number of rotatable bonds is 5. The van der Waals surface area contributed by atoms with Crippen LogP contribution in [0.3, 0.4) is 0 Å². The van der Waals surface area contributed by atoms with Crippen LogP contribution in [0.5, 0.6) is 5.75 Å². The van der Waals surface area contributed by atoms with Crippen LogP contribution >= 0.6 is 38.9 Å². The van der Waals surface area contributed by atoms with Crippen LogP contribution in [0.25, 0.3) is 0 Å². The van der Waals surface area contributed by atoms with E-state index in [1.807, 2.05) is 27.0 Å². The summed E-state index contributed by atoms with van der Waals surface area (Å²) in [5.74, 6) is 0.861. The predicted octanol–water partition coefficient (Wildman–Crippen LogP) is 5.18. The second-order valence-corrected chi connectivity index (χ2v) is 6.59. The number of nitrogens with one attached hydrogen (secondary N) is 1. The van der Waals surface area contributed by atoms with Crippen LogP contribution in [0, 0.1) is 6.92 Å². The number of hydrogen-bond donors (Lipinski definition) is 1. The van der Waals surface area contributed by atoms with Gasteiger partial charge in [-0.15, -0.1) is 11.3 Å². The van der Waals surface area contributed by atoms with Gasteiger partial charge in [0.05, 0.1) is 22.1 Å². The molecule has 2 nitrogen and oxygen atoms in total. The van der Waals surface area contributed by atoms with Crippen LogP contribution in [0.15, 0.2) is 28.1 Å². The number of ether oxygens (including phenoxy) is 1. The van der Waals surface area contributed by atoms with Gasteiger partial charge in [0.15, 0.2) is 0 Å². The molecule has 0 amide bonds. The zero-order valence-electron chi connectivity index (χ0n) is 11.7. The first kappa shape index (κ1) is 15.8. The van der Waals surface area contributed by atoms with Crippen LogP contribution in [0.4, 0.5) is 0 Å². The van der Waals surface area contributed by atoms with Crippen molar-refractivity contribution in [1.82, 2.24) is 5.32 Å². The Balaban J connectivity index is 2.37. The van der Waals surface area contributed by atoms with Crippen molar-refractivity contribution < 1.29 is 4.74 Å². The van der Waals surface area contributed by atoms with E-state index in [0.717, 1.165) is 31.2 Å². The molecule has 1 atom stereocenters. The number of halogens is 2. The zero-order chi connectivity index (χ0) is 14.7. The molecule has 20 heavy (non-hydrogen) atoms. The highest BCUT2D eigenvalue weighted by molar-refractivity contribution is 9.10. The van der Waals surface area contributed by atoms with Crippen LogP contribution in [0.1, 0.15) is 29.0 Å². The van der Waals surface area contributed by atoms with Gasteiger partial charge in [-0.05, 0) is 65.5 Å². The highest BCUT2D eigenvalue weighted by Gasteiger charge is 2.19. The first-order valence-corrected chi connectivity index (χ1v) is 8.46. The third-order valence-corrected chi connectivity index (χ3v) is 5.46. The van der Waals surface area contributed by atoms with E-state index in [1.54, 1.807) is 11.3 Å². The summed E-state index contributed by atoms with van der Waals surface area (Å²) < 4.78 is 6.51. The Kier molecular flexibility index (Phi) is 5.49. The van der Waals surface area contributed by atoms with Crippen molar-refractivity contribution in [3.63, 3.8) is 0 Å². The van der Waals surface area contributed by atoms with E-state index in [2.05, 4.69) is 38.8 Å². The molecule has 0 aliphatic carbocycles. The summed E-state index contributed by atoms with van der Waals surface area (Å²) in [6.45, 7) is 4.66. The Morgan fingerprint density at radius 1 is 1.45 bits per heavy atom. The molecule has 5 heteroatoms. The third-order valence-electron chi connectivity index (χ3n) is 3.07. The van der Waals surface area contributed by atoms with E-state index in [0.29, 0.717) is 6.61 Å². The van der Waals surface area contributed by atoms with Gasteiger partial charge in [-0.2, -0.15) is 0 Å². The molecule has 0 bridgehead atoms. The van der Waals surface area contributed by atoms with Crippen LogP contribution in [-0.2, 0) is 0 Å². The van der Waals surface area contributed by atoms with Crippen molar-refractivity contribution in [1.29, 1.82) is 0 Å². The fourth-order valence-electron chi connectivity index (χ4n) is 2.06. The van der Waals surface area contributed by atoms with Gasteiger partial charge in [0, 0.05) is 4.88 Å². The Morgan fingerprint density at radius 3 is 2.70 bits per heavy atom. The van der Waals surface area contributed by atoms with Gasteiger partial charge >= 0.3 is 0 Å². The van der Waals surface area contributed by atoms with Crippen molar-refractivity contribution in [2.75, 3.05) is 13.7 Å². The Morgan fingerprint density at radius 2 is 2.20 bits per heavy atom. The lowest BCUT2D eigenvalue weighted by molar-refractivity contribution is 0.338. The maximum absolute atomic E-state index is 6.39. The maximum atomic E-state index is 6.39. The summed E-state index contributed by atoms with van der Waals surface area (Å²) in [5.41, 5.74) is 2.28. The van der Waals surface area contributed by atoms with E-state index in [9.17, 15) is 0 Å². The largest absolute Gasteiger partial charge is 0.493 e. The van der Waals surface area contributed by atoms with Gasteiger partial charge in [-0.3, -0.25) is 0 Å². The first-order valence-electron chi connectivity index (χ1n) is 6.41. The monoisotopic (exact) mass is 373 g/mol. The molecule has 0 aliphatic heterocycles. The summed E-state index contributed by atoms with van der Waals surface area (Å²) in [4.78, 5) is 1.14. The van der Waals surface area contributed by atoms with Crippen molar-refractivity contribution in [3.8, 4) is 5.75 Å². The molecule has 0 spiro atoms. The standard InChI is InChI=1S/C15H17BrClNOS/c1-4-19-12-6-5-10(7-11(12)16)14(18-3)15-13(17)9(2)8-20-15/h5-8,14,18H,4H2,1-3H3. The lowest BCUT2D eigenvalue weighted by Gasteiger charge is -2.17. The molecule has 1 N–H and O–H groups in total. The molecule has 1 aromatic carbocycles. The average Bonchev–Trinajstić information content (AvgIpc) is 2.75. The van der Waals surface area contributed by atoms with E-state index in [4.69, 9.17) is 16.3 Å². The van der Waals surface area contributed by atoms with Gasteiger partial charge in [-0.1, -0.05) is 17.7 Å². The molecular formula is C15H17BrClNOS. The third kappa shape index (κ3) is 3.19.